The molecule has 0 unspecified atom stereocenters. The fourth-order valence-electron chi connectivity index (χ4n) is 3.72. The molecule has 22 heavy (non-hydrogen) atoms. The second-order valence-corrected chi connectivity index (χ2v) is 8.46. The summed E-state index contributed by atoms with van der Waals surface area (Å²) < 4.78 is 0. The van der Waals surface area contributed by atoms with Crippen molar-refractivity contribution >= 4 is 23.4 Å². The first-order valence-electron chi connectivity index (χ1n) is 8.81. The summed E-state index contributed by atoms with van der Waals surface area (Å²) in [5.74, 6) is 1.01. The quantitative estimate of drug-likeness (QED) is 0.681. The average Bonchev–Trinajstić information content (AvgIpc) is 2.55. The van der Waals surface area contributed by atoms with Gasteiger partial charge in [0.25, 0.3) is 0 Å². The van der Waals surface area contributed by atoms with E-state index in [1.807, 2.05) is 23.9 Å². The predicted octanol–water partition coefficient (Wildman–Crippen LogP) is 5.26. The highest BCUT2D eigenvalue weighted by molar-refractivity contribution is 7.99. The first-order valence-corrected chi connectivity index (χ1v) is 10.1. The Hall–Kier alpha value is -0.250. The van der Waals surface area contributed by atoms with Gasteiger partial charge in [0.1, 0.15) is 5.15 Å². The summed E-state index contributed by atoms with van der Waals surface area (Å²) in [5.41, 5.74) is 0. The number of rotatable bonds is 5. The van der Waals surface area contributed by atoms with Gasteiger partial charge >= 0.3 is 0 Å². The maximum absolute atomic E-state index is 5.97. The van der Waals surface area contributed by atoms with Gasteiger partial charge in [-0.1, -0.05) is 49.8 Å². The van der Waals surface area contributed by atoms with E-state index < -0.39 is 0 Å². The molecule has 1 aromatic heterocycles. The van der Waals surface area contributed by atoms with Crippen LogP contribution in [0.1, 0.15) is 51.4 Å². The fourth-order valence-corrected chi connectivity index (χ4v) is 5.03. The first-order chi connectivity index (χ1) is 10.8. The summed E-state index contributed by atoms with van der Waals surface area (Å²) in [6, 6.07) is 5.92. The van der Waals surface area contributed by atoms with Gasteiger partial charge in [-0.05, 0) is 56.9 Å². The van der Waals surface area contributed by atoms with Gasteiger partial charge in [0.2, 0.25) is 0 Å². The maximum atomic E-state index is 5.97. The third-order valence-electron chi connectivity index (χ3n) is 5.09. The number of piperidine rings is 1. The highest BCUT2D eigenvalue weighted by Crippen LogP contribution is 2.31. The van der Waals surface area contributed by atoms with Crippen molar-refractivity contribution in [1.82, 2.24) is 9.88 Å². The lowest BCUT2D eigenvalue weighted by molar-refractivity contribution is 0.204. The number of hydrogen-bond acceptors (Lipinski definition) is 3. The molecular weight excluding hydrogens is 312 g/mol. The Morgan fingerprint density at radius 3 is 2.59 bits per heavy atom. The number of hydrogen-bond donors (Lipinski definition) is 0. The molecule has 0 atom stereocenters. The molecule has 0 N–H and O–H groups in total. The minimum Gasteiger partial charge on any atom is -0.303 e. The molecule has 0 spiro atoms. The van der Waals surface area contributed by atoms with Gasteiger partial charge in [0.05, 0.1) is 5.03 Å². The van der Waals surface area contributed by atoms with Crippen LogP contribution in [0.2, 0.25) is 5.15 Å². The second-order valence-electron chi connectivity index (χ2n) is 6.75. The van der Waals surface area contributed by atoms with Crippen LogP contribution in [0.25, 0.3) is 0 Å². The normalized spacial score (nSPS) is 22.0. The van der Waals surface area contributed by atoms with E-state index in [9.17, 15) is 0 Å². The van der Waals surface area contributed by atoms with E-state index in [1.165, 1.54) is 71.0 Å². The Bertz CT molecular complexity index is 454. The smallest absolute Gasteiger partial charge is 0.130 e. The molecule has 4 heteroatoms. The lowest BCUT2D eigenvalue weighted by atomic mass is 9.87. The van der Waals surface area contributed by atoms with E-state index in [0.717, 1.165) is 10.9 Å². The van der Waals surface area contributed by atoms with Crippen LogP contribution >= 0.6 is 23.4 Å². The SMILES string of the molecule is Clc1cccc(SC2CCN(CCC3CCCCC3)CC2)n1. The summed E-state index contributed by atoms with van der Waals surface area (Å²) >= 11 is 7.87. The molecule has 1 aromatic rings. The molecule has 3 rings (SSSR count). The molecule has 0 bridgehead atoms. The summed E-state index contributed by atoms with van der Waals surface area (Å²) in [6.07, 6.45) is 11.4. The van der Waals surface area contributed by atoms with Gasteiger partial charge in [-0.25, -0.2) is 4.98 Å². The minimum absolute atomic E-state index is 0.606. The van der Waals surface area contributed by atoms with Crippen molar-refractivity contribution in [2.45, 2.75) is 61.6 Å². The van der Waals surface area contributed by atoms with Crippen LogP contribution in [0.4, 0.5) is 0 Å². The van der Waals surface area contributed by atoms with Crippen LogP contribution in [-0.4, -0.2) is 34.8 Å². The molecule has 1 aliphatic carbocycles. The molecule has 2 heterocycles. The summed E-state index contributed by atoms with van der Waals surface area (Å²) in [7, 11) is 0. The molecule has 122 valence electrons. The third-order valence-corrected chi connectivity index (χ3v) is 6.57. The molecule has 1 saturated heterocycles. The van der Waals surface area contributed by atoms with E-state index in [4.69, 9.17) is 11.6 Å². The monoisotopic (exact) mass is 338 g/mol. The lowest BCUT2D eigenvalue weighted by Crippen LogP contribution is -2.36. The summed E-state index contributed by atoms with van der Waals surface area (Å²) in [6.45, 7) is 3.83. The molecular formula is C18H27ClN2S. The van der Waals surface area contributed by atoms with Gasteiger partial charge in [-0.3, -0.25) is 0 Å². The zero-order chi connectivity index (χ0) is 15.2. The Morgan fingerprint density at radius 2 is 1.86 bits per heavy atom. The largest absolute Gasteiger partial charge is 0.303 e. The van der Waals surface area contributed by atoms with Crippen LogP contribution in [0, 0.1) is 5.92 Å². The molecule has 1 aliphatic heterocycles. The van der Waals surface area contributed by atoms with Crippen molar-refractivity contribution in [3.63, 3.8) is 0 Å². The van der Waals surface area contributed by atoms with Crippen molar-refractivity contribution in [3.05, 3.63) is 23.4 Å². The molecule has 0 amide bonds. The summed E-state index contributed by atoms with van der Waals surface area (Å²) in [5, 5.41) is 2.39. The topological polar surface area (TPSA) is 16.1 Å². The first kappa shape index (κ1) is 16.6. The Labute approximate surface area is 144 Å². The molecule has 0 aromatic carbocycles. The van der Waals surface area contributed by atoms with Crippen LogP contribution in [0.5, 0.6) is 0 Å². The van der Waals surface area contributed by atoms with Gasteiger partial charge in [0.15, 0.2) is 0 Å². The molecule has 2 nitrogen and oxygen atoms in total. The zero-order valence-electron chi connectivity index (χ0n) is 13.3. The summed E-state index contributed by atoms with van der Waals surface area (Å²) in [4.78, 5) is 7.08. The highest BCUT2D eigenvalue weighted by Gasteiger charge is 2.21. The standard InChI is InChI=1S/C18H27ClN2S/c19-17-7-4-8-18(20-17)22-16-10-13-21(14-11-16)12-9-15-5-2-1-3-6-15/h4,7-8,15-16H,1-3,5-6,9-14H2. The third kappa shape index (κ3) is 5.14. The molecule has 2 fully saturated rings. The Morgan fingerprint density at radius 1 is 1.09 bits per heavy atom. The average molecular weight is 339 g/mol. The fraction of sp³-hybridized carbons (Fsp3) is 0.722. The van der Waals surface area contributed by atoms with E-state index >= 15 is 0 Å². The van der Waals surface area contributed by atoms with E-state index in [0.29, 0.717) is 10.4 Å². The predicted molar refractivity (Wildman–Crippen MR) is 95.8 cm³/mol. The van der Waals surface area contributed by atoms with Gasteiger partial charge in [-0.15, -0.1) is 11.8 Å². The Kier molecular flexibility index (Phi) is 6.46. The van der Waals surface area contributed by atoms with E-state index in [1.54, 1.807) is 0 Å². The van der Waals surface area contributed by atoms with Crippen LogP contribution in [-0.2, 0) is 0 Å². The number of pyridine rings is 1. The Balaban J connectivity index is 1.37. The van der Waals surface area contributed by atoms with Crippen molar-refractivity contribution in [1.29, 1.82) is 0 Å². The second kappa shape index (κ2) is 8.56. The van der Waals surface area contributed by atoms with Crippen molar-refractivity contribution in [2.24, 2.45) is 5.92 Å². The van der Waals surface area contributed by atoms with Crippen molar-refractivity contribution < 1.29 is 0 Å². The van der Waals surface area contributed by atoms with Crippen LogP contribution in [0.3, 0.4) is 0 Å². The van der Waals surface area contributed by atoms with Gasteiger partial charge in [-0.2, -0.15) is 0 Å². The number of thioether (sulfide) groups is 1. The van der Waals surface area contributed by atoms with E-state index in [2.05, 4.69) is 16.0 Å². The van der Waals surface area contributed by atoms with Crippen LogP contribution in [0.15, 0.2) is 23.2 Å². The molecule has 2 aliphatic rings. The van der Waals surface area contributed by atoms with Crippen molar-refractivity contribution in [2.75, 3.05) is 19.6 Å². The maximum Gasteiger partial charge on any atom is 0.130 e. The van der Waals surface area contributed by atoms with E-state index in [-0.39, 0.29) is 0 Å². The minimum atomic E-state index is 0.606. The zero-order valence-corrected chi connectivity index (χ0v) is 14.9. The molecule has 1 saturated carbocycles. The number of nitrogens with zero attached hydrogens (tertiary/aromatic N) is 2. The number of aromatic nitrogens is 1. The van der Waals surface area contributed by atoms with Crippen LogP contribution < -0.4 is 0 Å². The number of halogens is 1. The molecule has 0 radical (unpaired) electrons. The highest BCUT2D eigenvalue weighted by atomic mass is 35.5. The lowest BCUT2D eigenvalue weighted by Gasteiger charge is -2.33. The number of likely N-dealkylation sites (tertiary alicyclic amines) is 1. The van der Waals surface area contributed by atoms with Gasteiger partial charge < -0.3 is 4.90 Å². The van der Waals surface area contributed by atoms with Gasteiger partial charge in [0, 0.05) is 5.25 Å². The van der Waals surface area contributed by atoms with Crippen molar-refractivity contribution in [3.8, 4) is 0 Å².